The zero-order valence-corrected chi connectivity index (χ0v) is 16.1. The van der Waals surface area contributed by atoms with Crippen LogP contribution in [-0.4, -0.2) is 77.0 Å². The molecule has 1 aliphatic rings. The molecule has 0 spiro atoms. The second-order valence-corrected chi connectivity index (χ2v) is 5.95. The molecular weight excluding hydrogens is 354 g/mol. The molecule has 0 aromatic heterocycles. The van der Waals surface area contributed by atoms with Crippen molar-refractivity contribution in [2.45, 2.75) is 13.8 Å². The predicted octanol–water partition coefficient (Wildman–Crippen LogP) is 2.03. The van der Waals surface area contributed by atoms with Crippen molar-refractivity contribution in [3.8, 4) is 11.5 Å². The largest absolute Gasteiger partial charge is 0.487 e. The molecule has 0 amide bonds. The molecule has 0 saturated heterocycles. The monoisotopic (exact) mass is 383 g/mol. The molecule has 1 aromatic rings. The van der Waals surface area contributed by atoms with Gasteiger partial charge in [0.2, 0.25) is 0 Å². The highest BCUT2D eigenvalue weighted by Crippen LogP contribution is 2.31. The fraction of sp³-hybridized carbons (Fsp3) is 0.632. The van der Waals surface area contributed by atoms with Crippen molar-refractivity contribution < 1.29 is 33.6 Å². The van der Waals surface area contributed by atoms with Gasteiger partial charge in [-0.3, -0.25) is 0 Å². The molecule has 8 heteroatoms. The molecular formula is C19H29NO7. The normalized spacial score (nSPS) is 19.1. The first-order chi connectivity index (χ1) is 13.2. The van der Waals surface area contributed by atoms with E-state index in [1.54, 1.807) is 6.92 Å². The summed E-state index contributed by atoms with van der Waals surface area (Å²) in [6, 6.07) is 3.69. The van der Waals surface area contributed by atoms with E-state index in [1.165, 1.54) is 0 Å². The van der Waals surface area contributed by atoms with Crippen molar-refractivity contribution in [2.24, 2.45) is 5.16 Å². The van der Waals surface area contributed by atoms with Gasteiger partial charge in [0.25, 0.3) is 0 Å². The Morgan fingerprint density at radius 1 is 0.741 bits per heavy atom. The van der Waals surface area contributed by atoms with E-state index in [9.17, 15) is 0 Å². The number of oxime groups is 1. The Hall–Kier alpha value is -1.87. The highest BCUT2D eigenvalue weighted by molar-refractivity contribution is 6.00. The topological polar surface area (TPSA) is 88.0 Å². The van der Waals surface area contributed by atoms with Gasteiger partial charge < -0.3 is 33.6 Å². The summed E-state index contributed by atoms with van der Waals surface area (Å²) in [6.45, 7) is 8.38. The molecule has 1 N–H and O–H groups in total. The molecule has 0 fully saturated rings. The van der Waals surface area contributed by atoms with Crippen LogP contribution in [0.2, 0.25) is 0 Å². The minimum absolute atomic E-state index is 0.369. The van der Waals surface area contributed by atoms with Crippen molar-refractivity contribution in [3.05, 3.63) is 23.3 Å². The molecule has 0 unspecified atom stereocenters. The van der Waals surface area contributed by atoms with Gasteiger partial charge in [-0.05, 0) is 31.5 Å². The van der Waals surface area contributed by atoms with Crippen molar-refractivity contribution in [1.29, 1.82) is 0 Å². The highest BCUT2D eigenvalue weighted by Gasteiger charge is 2.13. The third-order valence-corrected chi connectivity index (χ3v) is 3.92. The van der Waals surface area contributed by atoms with Crippen LogP contribution in [0.3, 0.4) is 0 Å². The molecule has 27 heavy (non-hydrogen) atoms. The van der Waals surface area contributed by atoms with E-state index in [-0.39, 0.29) is 0 Å². The van der Waals surface area contributed by atoms with Crippen LogP contribution in [0.25, 0.3) is 0 Å². The lowest BCUT2D eigenvalue weighted by Crippen LogP contribution is -2.16. The summed E-state index contributed by atoms with van der Waals surface area (Å²) >= 11 is 0. The van der Waals surface area contributed by atoms with Crippen LogP contribution in [0.4, 0.5) is 0 Å². The van der Waals surface area contributed by atoms with E-state index in [0.29, 0.717) is 83.3 Å². The minimum Gasteiger partial charge on any atom is -0.487 e. The van der Waals surface area contributed by atoms with E-state index < -0.39 is 0 Å². The number of ether oxygens (including phenoxy) is 6. The number of fused-ring (bicyclic) bond motifs is 1. The SMILES string of the molecule is C/C(=N\O)c1cc2c(cc1C)OCCOCCOCCOCCOCCO2. The van der Waals surface area contributed by atoms with E-state index in [2.05, 4.69) is 5.16 Å². The van der Waals surface area contributed by atoms with Gasteiger partial charge in [0, 0.05) is 5.56 Å². The fourth-order valence-corrected chi connectivity index (χ4v) is 2.51. The second-order valence-electron chi connectivity index (χ2n) is 5.95. The first-order valence-electron chi connectivity index (χ1n) is 9.12. The van der Waals surface area contributed by atoms with E-state index in [0.717, 1.165) is 11.1 Å². The van der Waals surface area contributed by atoms with E-state index in [1.807, 2.05) is 19.1 Å². The van der Waals surface area contributed by atoms with Crippen molar-refractivity contribution in [1.82, 2.24) is 0 Å². The number of benzene rings is 1. The van der Waals surface area contributed by atoms with Gasteiger partial charge in [-0.25, -0.2) is 0 Å². The van der Waals surface area contributed by atoms with Crippen LogP contribution >= 0.6 is 0 Å². The Morgan fingerprint density at radius 3 is 1.59 bits per heavy atom. The summed E-state index contributed by atoms with van der Waals surface area (Å²) in [5.74, 6) is 1.19. The van der Waals surface area contributed by atoms with Gasteiger partial charge >= 0.3 is 0 Å². The quantitative estimate of drug-likeness (QED) is 0.451. The first kappa shape index (κ1) is 21.4. The van der Waals surface area contributed by atoms with Crippen molar-refractivity contribution in [2.75, 3.05) is 66.1 Å². The summed E-state index contributed by atoms with van der Waals surface area (Å²) in [4.78, 5) is 0. The van der Waals surface area contributed by atoms with Gasteiger partial charge in [0.1, 0.15) is 13.2 Å². The summed E-state index contributed by atoms with van der Waals surface area (Å²) < 4.78 is 33.5. The molecule has 0 aliphatic carbocycles. The molecule has 1 heterocycles. The Bertz CT molecular complexity index is 592. The van der Waals surface area contributed by atoms with Crippen LogP contribution in [-0.2, 0) is 18.9 Å². The van der Waals surface area contributed by atoms with Gasteiger partial charge in [0.05, 0.1) is 58.6 Å². The second kappa shape index (κ2) is 12.5. The number of hydrogen-bond donors (Lipinski definition) is 1. The summed E-state index contributed by atoms with van der Waals surface area (Å²) in [6.07, 6.45) is 0. The zero-order valence-electron chi connectivity index (χ0n) is 16.1. The van der Waals surface area contributed by atoms with Gasteiger partial charge in [0.15, 0.2) is 11.5 Å². The molecule has 0 radical (unpaired) electrons. The third kappa shape index (κ3) is 7.72. The molecule has 152 valence electrons. The first-order valence-corrected chi connectivity index (χ1v) is 9.12. The van der Waals surface area contributed by atoms with Gasteiger partial charge in [-0.15, -0.1) is 0 Å². The maximum atomic E-state index is 9.08. The summed E-state index contributed by atoms with van der Waals surface area (Å²) in [5, 5.41) is 12.4. The molecule has 0 bridgehead atoms. The maximum Gasteiger partial charge on any atom is 0.161 e. The van der Waals surface area contributed by atoms with Crippen LogP contribution < -0.4 is 9.47 Å². The smallest absolute Gasteiger partial charge is 0.161 e. The Labute approximate surface area is 159 Å². The number of aryl methyl sites for hydroxylation is 1. The van der Waals surface area contributed by atoms with E-state index in [4.69, 9.17) is 33.6 Å². The number of hydrogen-bond acceptors (Lipinski definition) is 8. The van der Waals surface area contributed by atoms with Gasteiger partial charge in [-0.1, -0.05) is 5.16 Å². The maximum absolute atomic E-state index is 9.08. The van der Waals surface area contributed by atoms with Crippen molar-refractivity contribution in [3.63, 3.8) is 0 Å². The Kier molecular flexibility index (Phi) is 9.93. The predicted molar refractivity (Wildman–Crippen MR) is 99.4 cm³/mol. The minimum atomic E-state index is 0.369. The van der Waals surface area contributed by atoms with Crippen LogP contribution in [0.1, 0.15) is 18.1 Å². The average Bonchev–Trinajstić information content (AvgIpc) is 2.67. The number of rotatable bonds is 1. The summed E-state index contributed by atoms with van der Waals surface area (Å²) in [5.41, 5.74) is 2.23. The summed E-state index contributed by atoms with van der Waals surface area (Å²) in [7, 11) is 0. The lowest BCUT2D eigenvalue weighted by atomic mass is 10.0. The zero-order chi connectivity index (χ0) is 19.3. The lowest BCUT2D eigenvalue weighted by Gasteiger charge is -2.16. The Morgan fingerprint density at radius 2 is 1.15 bits per heavy atom. The van der Waals surface area contributed by atoms with Crippen LogP contribution in [0, 0.1) is 6.92 Å². The molecule has 0 atom stereocenters. The highest BCUT2D eigenvalue weighted by atomic mass is 16.6. The Balaban J connectivity index is 2.04. The molecule has 0 saturated carbocycles. The molecule has 1 aliphatic heterocycles. The molecule has 8 nitrogen and oxygen atoms in total. The van der Waals surface area contributed by atoms with Crippen LogP contribution in [0.5, 0.6) is 11.5 Å². The molecule has 2 rings (SSSR count). The van der Waals surface area contributed by atoms with E-state index >= 15 is 0 Å². The van der Waals surface area contributed by atoms with Crippen LogP contribution in [0.15, 0.2) is 17.3 Å². The molecule has 1 aromatic carbocycles. The number of nitrogens with zero attached hydrogens (tertiary/aromatic N) is 1. The average molecular weight is 383 g/mol. The van der Waals surface area contributed by atoms with Gasteiger partial charge in [-0.2, -0.15) is 0 Å². The fourth-order valence-electron chi connectivity index (χ4n) is 2.51. The van der Waals surface area contributed by atoms with Crippen molar-refractivity contribution >= 4 is 5.71 Å². The third-order valence-electron chi connectivity index (χ3n) is 3.92. The lowest BCUT2D eigenvalue weighted by molar-refractivity contribution is -0.00842. The standard InChI is InChI=1S/C19H29NO7/c1-15-13-18-19(14-17(15)16(2)20-21)27-12-10-25-8-6-23-4-3-22-5-7-24-9-11-26-18/h13-14,21H,3-12H2,1-2H3/b20-16+.